The number of hydrogen-bond acceptors (Lipinski definition) is 1. The third-order valence-electron chi connectivity index (χ3n) is 2.56. The van der Waals surface area contributed by atoms with E-state index in [-0.39, 0.29) is 0 Å². The summed E-state index contributed by atoms with van der Waals surface area (Å²) in [6.07, 6.45) is 0. The Hall–Kier alpha value is -2.02. The Labute approximate surface area is 96.0 Å². The zero-order valence-corrected chi connectivity index (χ0v) is 9.31. The van der Waals surface area contributed by atoms with Gasteiger partial charge in [0.15, 0.2) is 0 Å². The number of methoxy groups -OCH3 is 1. The van der Waals surface area contributed by atoms with E-state index in [0.717, 1.165) is 5.56 Å². The fourth-order valence-corrected chi connectivity index (χ4v) is 1.60. The van der Waals surface area contributed by atoms with Crippen molar-refractivity contribution in [3.05, 3.63) is 66.7 Å². The van der Waals surface area contributed by atoms with Crippen LogP contribution in [0, 0.1) is 0 Å². The first-order valence-electron chi connectivity index (χ1n) is 5.20. The molecule has 0 saturated heterocycles. The zero-order chi connectivity index (χ0) is 11.4. The standard InChI is InChI=1S/C15H14O/c1-12(16-2)13-8-10-15(11-9-13)14-6-4-3-5-7-14/h3-11H,1H2,2H3. The first-order chi connectivity index (χ1) is 7.81. The molecule has 0 saturated carbocycles. The highest BCUT2D eigenvalue weighted by atomic mass is 16.5. The third-order valence-corrected chi connectivity index (χ3v) is 2.56. The first kappa shape index (κ1) is 10.5. The Bertz CT molecular complexity index is 469. The fourth-order valence-electron chi connectivity index (χ4n) is 1.60. The molecule has 0 heterocycles. The van der Waals surface area contributed by atoms with E-state index in [1.807, 2.05) is 30.3 Å². The van der Waals surface area contributed by atoms with Crippen LogP contribution in [0.15, 0.2) is 61.2 Å². The second-order valence-corrected chi connectivity index (χ2v) is 3.57. The van der Waals surface area contributed by atoms with Crippen LogP contribution in [0.25, 0.3) is 16.9 Å². The van der Waals surface area contributed by atoms with Gasteiger partial charge in [0.1, 0.15) is 5.76 Å². The molecule has 1 nitrogen and oxygen atoms in total. The van der Waals surface area contributed by atoms with Crippen molar-refractivity contribution in [3.63, 3.8) is 0 Å². The molecule has 0 aliphatic carbocycles. The normalized spacial score (nSPS) is 9.81. The number of ether oxygens (including phenoxy) is 1. The summed E-state index contributed by atoms with van der Waals surface area (Å²) in [6, 6.07) is 18.5. The van der Waals surface area contributed by atoms with Crippen LogP contribution in [0.5, 0.6) is 0 Å². The highest BCUT2D eigenvalue weighted by molar-refractivity contribution is 5.67. The van der Waals surface area contributed by atoms with Crippen molar-refractivity contribution in [2.45, 2.75) is 0 Å². The predicted molar refractivity (Wildman–Crippen MR) is 67.9 cm³/mol. The van der Waals surface area contributed by atoms with E-state index < -0.39 is 0 Å². The van der Waals surface area contributed by atoms with Gasteiger partial charge < -0.3 is 4.74 Å². The van der Waals surface area contributed by atoms with Crippen molar-refractivity contribution in [2.24, 2.45) is 0 Å². The van der Waals surface area contributed by atoms with E-state index in [1.54, 1.807) is 7.11 Å². The van der Waals surface area contributed by atoms with Crippen molar-refractivity contribution < 1.29 is 4.74 Å². The van der Waals surface area contributed by atoms with E-state index in [1.165, 1.54) is 11.1 Å². The highest BCUT2D eigenvalue weighted by Crippen LogP contribution is 2.21. The molecular formula is C15H14O. The van der Waals surface area contributed by atoms with Gasteiger partial charge in [0.25, 0.3) is 0 Å². The van der Waals surface area contributed by atoms with Crippen LogP contribution in [0.1, 0.15) is 5.56 Å². The monoisotopic (exact) mass is 210 g/mol. The zero-order valence-electron chi connectivity index (χ0n) is 9.31. The van der Waals surface area contributed by atoms with E-state index in [4.69, 9.17) is 4.74 Å². The van der Waals surface area contributed by atoms with Crippen molar-refractivity contribution in [2.75, 3.05) is 7.11 Å². The minimum atomic E-state index is 0.694. The molecule has 0 aromatic heterocycles. The van der Waals surface area contributed by atoms with E-state index in [0.29, 0.717) is 5.76 Å². The average Bonchev–Trinajstić information content (AvgIpc) is 2.39. The summed E-state index contributed by atoms with van der Waals surface area (Å²) in [5.74, 6) is 0.694. The van der Waals surface area contributed by atoms with Crippen LogP contribution in [0.2, 0.25) is 0 Å². The van der Waals surface area contributed by atoms with Gasteiger partial charge in [-0.1, -0.05) is 61.2 Å². The maximum atomic E-state index is 5.09. The molecule has 0 unspecified atom stereocenters. The molecule has 0 aliphatic rings. The topological polar surface area (TPSA) is 9.23 Å². The maximum absolute atomic E-state index is 5.09. The molecule has 2 rings (SSSR count). The van der Waals surface area contributed by atoms with E-state index >= 15 is 0 Å². The average molecular weight is 210 g/mol. The number of benzene rings is 2. The van der Waals surface area contributed by atoms with Crippen LogP contribution in [0.3, 0.4) is 0 Å². The van der Waals surface area contributed by atoms with Crippen molar-refractivity contribution in [1.82, 2.24) is 0 Å². The highest BCUT2D eigenvalue weighted by Gasteiger charge is 1.99. The summed E-state index contributed by atoms with van der Waals surface area (Å²) >= 11 is 0. The Kier molecular flexibility index (Phi) is 3.06. The quantitative estimate of drug-likeness (QED) is 0.696. The Balaban J connectivity index is 2.30. The summed E-state index contributed by atoms with van der Waals surface area (Å²) in [4.78, 5) is 0. The largest absolute Gasteiger partial charge is 0.497 e. The molecule has 0 N–H and O–H groups in total. The number of rotatable bonds is 3. The smallest absolute Gasteiger partial charge is 0.118 e. The summed E-state index contributed by atoms with van der Waals surface area (Å²) in [7, 11) is 1.63. The van der Waals surface area contributed by atoms with Gasteiger partial charge in [-0.25, -0.2) is 0 Å². The predicted octanol–water partition coefficient (Wildman–Crippen LogP) is 3.97. The molecule has 0 atom stereocenters. The molecule has 0 aliphatic heterocycles. The Morgan fingerprint density at radius 1 is 0.875 bits per heavy atom. The second-order valence-electron chi connectivity index (χ2n) is 3.57. The molecule has 80 valence electrons. The van der Waals surface area contributed by atoms with Crippen molar-refractivity contribution in [1.29, 1.82) is 0 Å². The van der Waals surface area contributed by atoms with Crippen molar-refractivity contribution in [3.8, 4) is 11.1 Å². The van der Waals surface area contributed by atoms with Gasteiger partial charge in [-0.2, -0.15) is 0 Å². The van der Waals surface area contributed by atoms with Crippen LogP contribution < -0.4 is 0 Å². The molecule has 2 aromatic carbocycles. The lowest BCUT2D eigenvalue weighted by Gasteiger charge is -2.06. The van der Waals surface area contributed by atoms with Crippen molar-refractivity contribution >= 4 is 5.76 Å². The molecule has 0 spiro atoms. The van der Waals surface area contributed by atoms with Gasteiger partial charge in [-0.3, -0.25) is 0 Å². The van der Waals surface area contributed by atoms with Crippen LogP contribution in [0.4, 0.5) is 0 Å². The molecule has 0 bridgehead atoms. The summed E-state index contributed by atoms with van der Waals surface area (Å²) < 4.78 is 5.09. The molecule has 16 heavy (non-hydrogen) atoms. The second kappa shape index (κ2) is 4.67. The van der Waals surface area contributed by atoms with Crippen LogP contribution >= 0.6 is 0 Å². The number of hydrogen-bond donors (Lipinski definition) is 0. The minimum Gasteiger partial charge on any atom is -0.497 e. The van der Waals surface area contributed by atoms with Gasteiger partial charge in [-0.05, 0) is 11.1 Å². The minimum absolute atomic E-state index is 0.694. The Morgan fingerprint density at radius 3 is 2.00 bits per heavy atom. The summed E-state index contributed by atoms with van der Waals surface area (Å²) in [6.45, 7) is 3.82. The summed E-state index contributed by atoms with van der Waals surface area (Å²) in [5, 5.41) is 0. The third kappa shape index (κ3) is 2.14. The van der Waals surface area contributed by atoms with Gasteiger partial charge >= 0.3 is 0 Å². The lowest BCUT2D eigenvalue weighted by atomic mass is 10.0. The lowest BCUT2D eigenvalue weighted by molar-refractivity contribution is 0.371. The van der Waals surface area contributed by atoms with Gasteiger partial charge in [0.2, 0.25) is 0 Å². The SMILES string of the molecule is C=C(OC)c1ccc(-c2ccccc2)cc1. The van der Waals surface area contributed by atoms with Gasteiger partial charge in [-0.15, -0.1) is 0 Å². The first-order valence-corrected chi connectivity index (χ1v) is 5.20. The van der Waals surface area contributed by atoms with Crippen LogP contribution in [-0.4, -0.2) is 7.11 Å². The Morgan fingerprint density at radius 2 is 1.44 bits per heavy atom. The molecule has 1 heteroatoms. The molecule has 2 aromatic rings. The molecule has 0 fully saturated rings. The maximum Gasteiger partial charge on any atom is 0.118 e. The van der Waals surface area contributed by atoms with E-state index in [2.05, 4.69) is 30.8 Å². The van der Waals surface area contributed by atoms with Crippen LogP contribution in [-0.2, 0) is 4.74 Å². The van der Waals surface area contributed by atoms with Gasteiger partial charge in [0, 0.05) is 5.56 Å². The lowest BCUT2D eigenvalue weighted by Crippen LogP contribution is -1.85. The molecule has 0 radical (unpaired) electrons. The molecular weight excluding hydrogens is 196 g/mol. The van der Waals surface area contributed by atoms with E-state index in [9.17, 15) is 0 Å². The summed E-state index contributed by atoms with van der Waals surface area (Å²) in [5.41, 5.74) is 3.44. The fraction of sp³-hybridized carbons (Fsp3) is 0.0667. The molecule has 0 amide bonds. The van der Waals surface area contributed by atoms with Gasteiger partial charge in [0.05, 0.1) is 7.11 Å².